The maximum Gasteiger partial charge on any atom is 0.253 e. The van der Waals surface area contributed by atoms with E-state index in [1.165, 1.54) is 20.2 Å². The minimum Gasteiger partial charge on any atom is -0.378 e. The average molecular weight is 385 g/mol. The zero-order chi connectivity index (χ0) is 19.2. The van der Waals surface area contributed by atoms with Gasteiger partial charge in [-0.15, -0.1) is 0 Å². The van der Waals surface area contributed by atoms with Gasteiger partial charge in [-0.3, -0.25) is 4.79 Å². The summed E-state index contributed by atoms with van der Waals surface area (Å²) in [4.78, 5) is 14.9. The third-order valence-electron chi connectivity index (χ3n) is 4.23. The van der Waals surface area contributed by atoms with E-state index in [1.54, 1.807) is 12.1 Å². The first-order valence-corrected chi connectivity index (χ1v) is 10.1. The van der Waals surface area contributed by atoms with E-state index in [1.807, 2.05) is 7.05 Å². The fraction of sp³-hybridized carbons (Fsp3) is 0.588. The van der Waals surface area contributed by atoms with Crippen LogP contribution in [0.5, 0.6) is 0 Å². The smallest absolute Gasteiger partial charge is 0.253 e. The quantitative estimate of drug-likeness (QED) is 0.619. The Labute approximate surface area is 155 Å². The van der Waals surface area contributed by atoms with Crippen LogP contribution in [0.15, 0.2) is 23.1 Å². The SMILES string of the molecule is CNCCCNC(=O)c1cc(S(=O)(=O)N(C)C)ccc1N1CCOCC1. The van der Waals surface area contributed by atoms with E-state index in [-0.39, 0.29) is 10.8 Å². The Morgan fingerprint density at radius 1 is 1.23 bits per heavy atom. The van der Waals surface area contributed by atoms with Crippen molar-refractivity contribution in [2.24, 2.45) is 0 Å². The summed E-state index contributed by atoms with van der Waals surface area (Å²) in [5.41, 5.74) is 1.11. The fourth-order valence-electron chi connectivity index (χ4n) is 2.71. The van der Waals surface area contributed by atoms with Gasteiger partial charge in [0, 0.05) is 39.4 Å². The lowest BCUT2D eigenvalue weighted by Crippen LogP contribution is -2.38. The van der Waals surface area contributed by atoms with E-state index in [0.29, 0.717) is 38.4 Å². The molecule has 1 aliphatic rings. The Balaban J connectivity index is 2.33. The zero-order valence-corrected chi connectivity index (χ0v) is 16.4. The second kappa shape index (κ2) is 9.31. The van der Waals surface area contributed by atoms with Crippen LogP contribution in [0.25, 0.3) is 0 Å². The molecule has 1 saturated heterocycles. The number of hydrogen-bond acceptors (Lipinski definition) is 6. The van der Waals surface area contributed by atoms with Crippen molar-refractivity contribution in [1.29, 1.82) is 0 Å². The predicted octanol–water partition coefficient (Wildman–Crippen LogP) is 0.113. The summed E-state index contributed by atoms with van der Waals surface area (Å²) in [7, 11) is 1.20. The van der Waals surface area contributed by atoms with Crippen LogP contribution in [-0.2, 0) is 14.8 Å². The van der Waals surface area contributed by atoms with Crippen LogP contribution < -0.4 is 15.5 Å². The lowest BCUT2D eigenvalue weighted by atomic mass is 10.1. The van der Waals surface area contributed by atoms with Crippen molar-refractivity contribution in [2.75, 3.05) is 65.4 Å². The summed E-state index contributed by atoms with van der Waals surface area (Å²) >= 11 is 0. The van der Waals surface area contributed by atoms with E-state index in [2.05, 4.69) is 15.5 Å². The van der Waals surface area contributed by atoms with Crippen LogP contribution in [0.1, 0.15) is 16.8 Å². The molecule has 0 radical (unpaired) electrons. The summed E-state index contributed by atoms with van der Waals surface area (Å²) in [5.74, 6) is -0.265. The summed E-state index contributed by atoms with van der Waals surface area (Å²) in [6.07, 6.45) is 0.796. The molecule has 1 aromatic carbocycles. The van der Waals surface area contributed by atoms with Gasteiger partial charge in [0.15, 0.2) is 0 Å². The van der Waals surface area contributed by atoms with Gasteiger partial charge in [-0.1, -0.05) is 0 Å². The highest BCUT2D eigenvalue weighted by Gasteiger charge is 2.24. The largest absolute Gasteiger partial charge is 0.378 e. The van der Waals surface area contributed by atoms with Gasteiger partial charge < -0.3 is 20.3 Å². The highest BCUT2D eigenvalue weighted by atomic mass is 32.2. The Morgan fingerprint density at radius 2 is 1.92 bits per heavy atom. The van der Waals surface area contributed by atoms with Crippen molar-refractivity contribution in [3.8, 4) is 0 Å². The standard InChI is InChI=1S/C17H28N4O4S/c1-18-7-4-8-19-17(22)15-13-14(26(23,24)20(2)3)5-6-16(15)21-9-11-25-12-10-21/h5-6,13,18H,4,7-12H2,1-3H3,(H,19,22). The summed E-state index contributed by atoms with van der Waals surface area (Å²) in [6, 6.07) is 4.73. The number of ether oxygens (including phenoxy) is 1. The number of nitrogens with zero attached hydrogens (tertiary/aromatic N) is 2. The van der Waals surface area contributed by atoms with Gasteiger partial charge >= 0.3 is 0 Å². The number of hydrogen-bond donors (Lipinski definition) is 2. The molecule has 0 unspecified atom stereocenters. The molecule has 0 spiro atoms. The molecule has 0 atom stereocenters. The van der Waals surface area contributed by atoms with Gasteiger partial charge in [-0.05, 0) is 38.2 Å². The highest BCUT2D eigenvalue weighted by molar-refractivity contribution is 7.89. The molecule has 1 heterocycles. The van der Waals surface area contributed by atoms with Crippen LogP contribution in [0.4, 0.5) is 5.69 Å². The van der Waals surface area contributed by atoms with Crippen LogP contribution in [0, 0.1) is 0 Å². The number of morpholine rings is 1. The Morgan fingerprint density at radius 3 is 2.54 bits per heavy atom. The number of rotatable bonds is 8. The molecule has 8 nitrogen and oxygen atoms in total. The minimum absolute atomic E-state index is 0.111. The van der Waals surface area contributed by atoms with Crippen LogP contribution in [-0.4, -0.2) is 79.2 Å². The molecule has 1 aromatic rings. The third kappa shape index (κ3) is 4.94. The average Bonchev–Trinajstić information content (AvgIpc) is 2.65. The van der Waals surface area contributed by atoms with Crippen LogP contribution in [0.2, 0.25) is 0 Å². The fourth-order valence-corrected chi connectivity index (χ4v) is 3.64. The minimum atomic E-state index is -3.61. The molecule has 0 saturated carbocycles. The zero-order valence-electron chi connectivity index (χ0n) is 15.6. The first kappa shape index (κ1) is 20.6. The molecule has 1 aliphatic heterocycles. The first-order chi connectivity index (χ1) is 12.4. The maximum atomic E-state index is 12.7. The number of carbonyl (C=O) groups is 1. The monoisotopic (exact) mass is 384 g/mol. The van der Waals surface area contributed by atoms with Gasteiger partial charge in [-0.25, -0.2) is 12.7 Å². The number of amides is 1. The van der Waals surface area contributed by atoms with Crippen molar-refractivity contribution in [3.05, 3.63) is 23.8 Å². The normalized spacial score (nSPS) is 15.3. The Hall–Kier alpha value is -1.68. The highest BCUT2D eigenvalue weighted by Crippen LogP contribution is 2.26. The van der Waals surface area contributed by atoms with E-state index in [9.17, 15) is 13.2 Å². The van der Waals surface area contributed by atoms with E-state index < -0.39 is 10.0 Å². The lowest BCUT2D eigenvalue weighted by molar-refractivity contribution is 0.0951. The van der Waals surface area contributed by atoms with Crippen LogP contribution >= 0.6 is 0 Å². The van der Waals surface area contributed by atoms with E-state index in [0.717, 1.165) is 23.0 Å². The molecule has 0 aromatic heterocycles. The van der Waals surface area contributed by atoms with Gasteiger partial charge in [0.2, 0.25) is 10.0 Å². The first-order valence-electron chi connectivity index (χ1n) is 8.70. The molecule has 26 heavy (non-hydrogen) atoms. The summed E-state index contributed by atoms with van der Waals surface area (Å²) in [5, 5.41) is 5.90. The molecule has 0 bridgehead atoms. The van der Waals surface area contributed by atoms with Gasteiger partial charge in [-0.2, -0.15) is 0 Å². The number of sulfonamides is 1. The molecule has 0 aliphatic carbocycles. The molecule has 1 amide bonds. The lowest BCUT2D eigenvalue weighted by Gasteiger charge is -2.30. The van der Waals surface area contributed by atoms with Crippen molar-refractivity contribution in [1.82, 2.24) is 14.9 Å². The number of nitrogens with one attached hydrogen (secondary N) is 2. The van der Waals surface area contributed by atoms with Gasteiger partial charge in [0.1, 0.15) is 0 Å². The maximum absolute atomic E-state index is 12.7. The number of anilines is 1. The molecule has 9 heteroatoms. The third-order valence-corrected chi connectivity index (χ3v) is 6.04. The van der Waals surface area contributed by atoms with Crippen molar-refractivity contribution in [3.63, 3.8) is 0 Å². The van der Waals surface area contributed by atoms with Crippen molar-refractivity contribution >= 4 is 21.6 Å². The molecular formula is C17H28N4O4S. The Kier molecular flexibility index (Phi) is 7.39. The molecule has 2 rings (SSSR count). The van der Waals surface area contributed by atoms with Crippen molar-refractivity contribution < 1.29 is 17.9 Å². The summed E-state index contributed by atoms with van der Waals surface area (Å²) in [6.45, 7) is 3.82. The Bertz CT molecular complexity index is 715. The van der Waals surface area contributed by atoms with Gasteiger partial charge in [0.25, 0.3) is 5.91 Å². The number of benzene rings is 1. The topological polar surface area (TPSA) is 91.0 Å². The number of carbonyl (C=O) groups excluding carboxylic acids is 1. The summed E-state index contributed by atoms with van der Waals surface area (Å²) < 4.78 is 31.4. The van der Waals surface area contributed by atoms with Crippen LogP contribution in [0.3, 0.4) is 0 Å². The molecular weight excluding hydrogens is 356 g/mol. The molecule has 2 N–H and O–H groups in total. The molecule has 1 fully saturated rings. The second-order valence-electron chi connectivity index (χ2n) is 6.28. The van der Waals surface area contributed by atoms with E-state index >= 15 is 0 Å². The van der Waals surface area contributed by atoms with Gasteiger partial charge in [0.05, 0.1) is 23.7 Å². The predicted molar refractivity (Wildman–Crippen MR) is 101 cm³/mol. The molecule has 146 valence electrons. The van der Waals surface area contributed by atoms with E-state index in [4.69, 9.17) is 4.74 Å². The second-order valence-corrected chi connectivity index (χ2v) is 8.43. The van der Waals surface area contributed by atoms with Crippen molar-refractivity contribution in [2.45, 2.75) is 11.3 Å².